The number of benzene rings is 2. The summed E-state index contributed by atoms with van der Waals surface area (Å²) in [4.78, 5) is 73.0. The van der Waals surface area contributed by atoms with Gasteiger partial charge in [0, 0.05) is 36.7 Å². The Morgan fingerprint density at radius 1 is 0.957 bits per heavy atom. The number of pyridine rings is 1. The summed E-state index contributed by atoms with van der Waals surface area (Å²) in [7, 11) is 0. The van der Waals surface area contributed by atoms with Crippen LogP contribution < -0.4 is 21.3 Å². The van der Waals surface area contributed by atoms with Crippen molar-refractivity contribution in [2.75, 3.05) is 19.6 Å². The zero-order chi connectivity index (χ0) is 33.5. The number of carbonyl (C=O) groups excluding carboxylic acids is 5. The first-order chi connectivity index (χ1) is 21.8. The van der Waals surface area contributed by atoms with Gasteiger partial charge in [0.2, 0.25) is 23.6 Å². The number of rotatable bonds is 5. The van der Waals surface area contributed by atoms with E-state index in [2.05, 4.69) is 26.3 Å². The highest BCUT2D eigenvalue weighted by Crippen LogP contribution is 2.21. The number of aryl methyl sites for hydroxylation is 1. The molecule has 1 saturated heterocycles. The van der Waals surface area contributed by atoms with Gasteiger partial charge in [-0.05, 0) is 43.5 Å². The molecule has 0 unspecified atom stereocenters. The quantitative estimate of drug-likeness (QED) is 0.279. The van der Waals surface area contributed by atoms with E-state index in [0.29, 0.717) is 11.1 Å². The molecule has 244 valence electrons. The standard InChI is InChI=1S/C33H39FN6O6/c1-18(2)28-32(45)37-26(15-21-8-6-5-7-9-21)30(43)39-29(20(4)41)31(44)35-12-13-40(17-27(42)38-28)33(46)24-14-19(3)36-25-16-22(34)10-11-23(24)25/h5-11,14,16,18,20,26,28-29,41H,12-13,15,17H2,1-4H3,(H,35,44)(H,37,45)(H,38,42)(H,39,43)/t20-,26+,28-,29+/m1/s1. The normalized spacial score (nSPS) is 21.0. The van der Waals surface area contributed by atoms with Crippen molar-refractivity contribution in [3.8, 4) is 0 Å². The number of aromatic nitrogens is 1. The summed E-state index contributed by atoms with van der Waals surface area (Å²) >= 11 is 0. The number of aliphatic hydroxyl groups excluding tert-OH is 1. The highest BCUT2D eigenvalue weighted by molar-refractivity contribution is 6.07. The van der Waals surface area contributed by atoms with E-state index in [1.165, 1.54) is 36.1 Å². The number of nitrogens with one attached hydrogen (secondary N) is 4. The van der Waals surface area contributed by atoms with E-state index in [1.807, 2.05) is 6.07 Å². The maximum absolute atomic E-state index is 14.0. The Morgan fingerprint density at radius 2 is 1.67 bits per heavy atom. The van der Waals surface area contributed by atoms with Crippen molar-refractivity contribution in [3.63, 3.8) is 0 Å². The Morgan fingerprint density at radius 3 is 2.35 bits per heavy atom. The Kier molecular flexibility index (Phi) is 11.0. The third-order valence-corrected chi connectivity index (χ3v) is 7.68. The second-order valence-corrected chi connectivity index (χ2v) is 11.8. The summed E-state index contributed by atoms with van der Waals surface area (Å²) in [5.74, 6) is -4.21. The molecule has 2 heterocycles. The SMILES string of the molecule is Cc1cc(C(=O)N2CCNC(=O)[C@H]([C@@H](C)O)NC(=O)[C@H](Cc3ccccc3)NC(=O)[C@@H](C(C)C)NC(=O)C2)c2ccc(F)cc2n1. The zero-order valence-electron chi connectivity index (χ0n) is 26.2. The minimum Gasteiger partial charge on any atom is -0.391 e. The monoisotopic (exact) mass is 634 g/mol. The molecule has 5 N–H and O–H groups in total. The molecule has 12 nitrogen and oxygen atoms in total. The lowest BCUT2D eigenvalue weighted by Crippen LogP contribution is -2.60. The first-order valence-electron chi connectivity index (χ1n) is 15.1. The highest BCUT2D eigenvalue weighted by Gasteiger charge is 2.34. The second-order valence-electron chi connectivity index (χ2n) is 11.8. The van der Waals surface area contributed by atoms with Gasteiger partial charge in [0.05, 0.1) is 23.7 Å². The lowest BCUT2D eigenvalue weighted by Gasteiger charge is -2.27. The second kappa shape index (κ2) is 14.9. The molecule has 13 heteroatoms. The molecule has 4 atom stereocenters. The van der Waals surface area contributed by atoms with E-state index in [4.69, 9.17) is 0 Å². The summed E-state index contributed by atoms with van der Waals surface area (Å²) in [5, 5.41) is 21.4. The van der Waals surface area contributed by atoms with Crippen LogP contribution in [-0.2, 0) is 25.6 Å². The molecular formula is C33H39FN6O6. The molecule has 46 heavy (non-hydrogen) atoms. The summed E-state index contributed by atoms with van der Waals surface area (Å²) in [6.45, 7) is 5.71. The first-order valence-corrected chi connectivity index (χ1v) is 15.1. The van der Waals surface area contributed by atoms with Crippen LogP contribution in [0, 0.1) is 18.7 Å². The predicted molar refractivity (Wildman–Crippen MR) is 168 cm³/mol. The van der Waals surface area contributed by atoms with Crippen LogP contribution in [-0.4, -0.2) is 88.4 Å². The van der Waals surface area contributed by atoms with Gasteiger partial charge in [-0.2, -0.15) is 0 Å². The number of hydrogen-bond acceptors (Lipinski definition) is 7. The summed E-state index contributed by atoms with van der Waals surface area (Å²) in [5.41, 5.74) is 1.63. The van der Waals surface area contributed by atoms with Crippen molar-refractivity contribution in [2.24, 2.45) is 5.92 Å². The van der Waals surface area contributed by atoms with Gasteiger partial charge in [0.25, 0.3) is 5.91 Å². The van der Waals surface area contributed by atoms with Crippen LogP contribution in [0.4, 0.5) is 4.39 Å². The number of amides is 5. The Balaban J connectivity index is 1.69. The molecule has 1 aliphatic heterocycles. The van der Waals surface area contributed by atoms with Gasteiger partial charge in [0.1, 0.15) is 23.9 Å². The topological polar surface area (TPSA) is 170 Å². The predicted octanol–water partition coefficient (Wildman–Crippen LogP) is 0.988. The third kappa shape index (κ3) is 8.42. The van der Waals surface area contributed by atoms with E-state index in [1.54, 1.807) is 45.0 Å². The number of hydrogen-bond donors (Lipinski definition) is 5. The van der Waals surface area contributed by atoms with Crippen molar-refractivity contribution >= 4 is 40.4 Å². The van der Waals surface area contributed by atoms with Gasteiger partial charge in [-0.3, -0.25) is 29.0 Å². The summed E-state index contributed by atoms with van der Waals surface area (Å²) in [6, 6.07) is 10.7. The largest absolute Gasteiger partial charge is 0.391 e. The number of aliphatic hydroxyl groups is 1. The van der Waals surface area contributed by atoms with Crippen LogP contribution in [0.15, 0.2) is 54.6 Å². The Bertz CT molecular complexity index is 1610. The van der Waals surface area contributed by atoms with Crippen molar-refractivity contribution in [2.45, 2.75) is 58.3 Å². The van der Waals surface area contributed by atoms with E-state index in [9.17, 15) is 33.5 Å². The maximum Gasteiger partial charge on any atom is 0.255 e. The maximum atomic E-state index is 14.0. The molecule has 5 amide bonds. The molecule has 0 saturated carbocycles. The van der Waals surface area contributed by atoms with E-state index in [0.717, 1.165) is 5.56 Å². The van der Waals surface area contributed by atoms with E-state index < -0.39 is 72.0 Å². The minimum atomic E-state index is -1.38. The van der Waals surface area contributed by atoms with Crippen LogP contribution in [0.1, 0.15) is 42.4 Å². The van der Waals surface area contributed by atoms with E-state index in [-0.39, 0.29) is 30.6 Å². The third-order valence-electron chi connectivity index (χ3n) is 7.68. The molecule has 2 aromatic carbocycles. The number of carbonyl (C=O) groups is 5. The molecule has 0 spiro atoms. The lowest BCUT2D eigenvalue weighted by atomic mass is 10.0. The molecule has 0 bridgehead atoms. The average Bonchev–Trinajstić information content (AvgIpc) is 3.00. The number of fused-ring (bicyclic) bond motifs is 1. The Labute approximate surface area is 266 Å². The summed E-state index contributed by atoms with van der Waals surface area (Å²) in [6.07, 6.45) is -1.22. The van der Waals surface area contributed by atoms with Gasteiger partial charge in [-0.1, -0.05) is 44.2 Å². The van der Waals surface area contributed by atoms with E-state index >= 15 is 0 Å². The fourth-order valence-corrected chi connectivity index (χ4v) is 5.26. The van der Waals surface area contributed by atoms with Crippen LogP contribution in [0.25, 0.3) is 10.9 Å². The number of halogens is 1. The molecular weight excluding hydrogens is 595 g/mol. The molecule has 3 aromatic rings. The fraction of sp³-hybridized carbons (Fsp3) is 0.394. The average molecular weight is 635 g/mol. The smallest absolute Gasteiger partial charge is 0.255 e. The van der Waals surface area contributed by atoms with Crippen molar-refractivity contribution in [1.29, 1.82) is 0 Å². The summed E-state index contributed by atoms with van der Waals surface area (Å²) < 4.78 is 14.0. The fourth-order valence-electron chi connectivity index (χ4n) is 5.26. The molecule has 0 radical (unpaired) electrons. The Hall–Kier alpha value is -4.91. The number of nitrogens with zero attached hydrogens (tertiary/aromatic N) is 2. The van der Waals surface area contributed by atoms with Gasteiger partial charge < -0.3 is 31.3 Å². The van der Waals surface area contributed by atoms with Crippen molar-refractivity contribution < 1.29 is 33.5 Å². The van der Waals surface area contributed by atoms with Gasteiger partial charge >= 0.3 is 0 Å². The van der Waals surface area contributed by atoms with Gasteiger partial charge in [0.15, 0.2) is 0 Å². The van der Waals surface area contributed by atoms with Crippen molar-refractivity contribution in [3.05, 3.63) is 77.2 Å². The molecule has 4 rings (SSSR count). The van der Waals surface area contributed by atoms with Crippen LogP contribution in [0.5, 0.6) is 0 Å². The van der Waals surface area contributed by atoms with Gasteiger partial charge in [-0.25, -0.2) is 4.39 Å². The van der Waals surface area contributed by atoms with Crippen LogP contribution in [0.2, 0.25) is 0 Å². The van der Waals surface area contributed by atoms with Crippen LogP contribution >= 0.6 is 0 Å². The molecule has 1 aromatic heterocycles. The van der Waals surface area contributed by atoms with Crippen molar-refractivity contribution in [1.82, 2.24) is 31.2 Å². The van der Waals surface area contributed by atoms with Crippen LogP contribution in [0.3, 0.4) is 0 Å². The molecule has 0 aliphatic carbocycles. The minimum absolute atomic E-state index is 0.0802. The molecule has 1 fully saturated rings. The van der Waals surface area contributed by atoms with Gasteiger partial charge in [-0.15, -0.1) is 0 Å². The first kappa shape index (κ1) is 34.0. The lowest BCUT2D eigenvalue weighted by molar-refractivity contribution is -0.135. The zero-order valence-corrected chi connectivity index (χ0v) is 26.2. The highest BCUT2D eigenvalue weighted by atomic mass is 19.1. The molecule has 1 aliphatic rings.